The number of aromatic nitrogens is 3. The molecule has 2 aromatic heterocycles. The number of likely N-dealkylation sites (tertiary alicyclic amines) is 1. The largest absolute Gasteiger partial charge is 0.486 e. The molecule has 0 spiro atoms. The molecule has 0 radical (unpaired) electrons. The first-order chi connectivity index (χ1) is 13.6. The number of hydrogen-bond donors (Lipinski definition) is 1. The van der Waals surface area contributed by atoms with Gasteiger partial charge in [0, 0.05) is 37.6 Å². The van der Waals surface area contributed by atoms with E-state index in [4.69, 9.17) is 4.74 Å². The Morgan fingerprint density at radius 3 is 2.57 bits per heavy atom. The van der Waals surface area contributed by atoms with Crippen molar-refractivity contribution in [3.05, 3.63) is 47.3 Å². The van der Waals surface area contributed by atoms with Gasteiger partial charge in [0.15, 0.2) is 5.65 Å². The van der Waals surface area contributed by atoms with Crippen LogP contribution < -0.4 is 4.74 Å². The highest BCUT2D eigenvalue weighted by molar-refractivity contribution is 9.10. The number of ether oxygens (including phenoxy) is 1. The van der Waals surface area contributed by atoms with Crippen LogP contribution in [0.5, 0.6) is 5.75 Å². The summed E-state index contributed by atoms with van der Waals surface area (Å²) in [7, 11) is 0. The van der Waals surface area contributed by atoms with Gasteiger partial charge in [0.05, 0.1) is 16.8 Å². The van der Waals surface area contributed by atoms with Crippen LogP contribution in [-0.4, -0.2) is 55.9 Å². The molecule has 0 bridgehead atoms. The highest BCUT2D eigenvalue weighted by Crippen LogP contribution is 2.41. The van der Waals surface area contributed by atoms with E-state index >= 15 is 0 Å². The van der Waals surface area contributed by atoms with Gasteiger partial charge in [-0.25, -0.2) is 9.50 Å². The predicted molar refractivity (Wildman–Crippen MR) is 110 cm³/mol. The smallest absolute Gasteiger partial charge is 0.169 e. The van der Waals surface area contributed by atoms with Gasteiger partial charge >= 0.3 is 0 Å². The van der Waals surface area contributed by atoms with E-state index in [-0.39, 0.29) is 11.7 Å². The fraction of sp³-hybridized carbons (Fsp3) is 0.429. The number of benzene rings is 1. The maximum Gasteiger partial charge on any atom is 0.169 e. The van der Waals surface area contributed by atoms with Crippen molar-refractivity contribution < 1.29 is 9.84 Å². The average molecular weight is 443 g/mol. The summed E-state index contributed by atoms with van der Waals surface area (Å²) in [6.07, 6.45) is 9.41. The summed E-state index contributed by atoms with van der Waals surface area (Å²) in [5, 5.41) is 14.0. The van der Waals surface area contributed by atoms with Gasteiger partial charge in [-0.1, -0.05) is 12.1 Å². The van der Waals surface area contributed by atoms with Gasteiger partial charge in [-0.05, 0) is 59.3 Å². The first-order valence-corrected chi connectivity index (χ1v) is 10.6. The topological polar surface area (TPSA) is 62.9 Å². The van der Waals surface area contributed by atoms with Gasteiger partial charge in [0.2, 0.25) is 0 Å². The van der Waals surface area contributed by atoms with Crippen molar-refractivity contribution in [3.8, 4) is 16.9 Å². The molecule has 1 N–H and O–H groups in total. The lowest BCUT2D eigenvalue weighted by atomic mass is 10.1. The zero-order valence-electron chi connectivity index (χ0n) is 15.6. The Morgan fingerprint density at radius 1 is 1.11 bits per heavy atom. The molecule has 5 rings (SSSR count). The average Bonchev–Trinajstić information content (AvgIpc) is 3.36. The minimum Gasteiger partial charge on any atom is -0.486 e. The molecule has 1 saturated heterocycles. The Hall–Kier alpha value is -1.96. The van der Waals surface area contributed by atoms with Crippen LogP contribution in [0.15, 0.2) is 47.3 Å². The monoisotopic (exact) mass is 442 g/mol. The van der Waals surface area contributed by atoms with E-state index in [1.807, 2.05) is 24.5 Å². The SMILES string of the molecule is OC1CCN(CC2(Oc3ccc(-c4cnc5c(Br)cnn5c4)cc3)CC2)CC1. The molecule has 3 aromatic rings. The van der Waals surface area contributed by atoms with Crippen molar-refractivity contribution in [2.24, 2.45) is 0 Å². The van der Waals surface area contributed by atoms with Crippen LogP contribution in [0.1, 0.15) is 25.7 Å². The van der Waals surface area contributed by atoms with Gasteiger partial charge in [-0.15, -0.1) is 0 Å². The summed E-state index contributed by atoms with van der Waals surface area (Å²) in [6, 6.07) is 8.23. The molecule has 7 heteroatoms. The third kappa shape index (κ3) is 3.66. The summed E-state index contributed by atoms with van der Waals surface area (Å²) in [6.45, 7) is 2.88. The first-order valence-electron chi connectivity index (χ1n) is 9.79. The second kappa shape index (κ2) is 7.13. The number of aliphatic hydroxyl groups excluding tert-OH is 1. The molecule has 3 heterocycles. The number of nitrogens with zero attached hydrogens (tertiary/aromatic N) is 4. The van der Waals surface area contributed by atoms with E-state index in [1.54, 1.807) is 10.7 Å². The molecule has 2 fully saturated rings. The van der Waals surface area contributed by atoms with Crippen molar-refractivity contribution in [2.75, 3.05) is 19.6 Å². The normalized spacial score (nSPS) is 19.8. The molecular formula is C21H23BrN4O2. The number of aliphatic hydroxyl groups is 1. The van der Waals surface area contributed by atoms with Gasteiger partial charge in [0.25, 0.3) is 0 Å². The maximum absolute atomic E-state index is 9.69. The quantitative estimate of drug-likeness (QED) is 0.654. The van der Waals surface area contributed by atoms with E-state index in [0.717, 1.165) is 72.3 Å². The molecule has 146 valence electrons. The predicted octanol–water partition coefficient (Wildman–Crippen LogP) is 3.53. The van der Waals surface area contributed by atoms with Crippen LogP contribution in [0.4, 0.5) is 0 Å². The van der Waals surface area contributed by atoms with Crippen LogP contribution in [0.3, 0.4) is 0 Å². The van der Waals surface area contributed by atoms with E-state index in [9.17, 15) is 5.11 Å². The fourth-order valence-electron chi connectivity index (χ4n) is 3.88. The van der Waals surface area contributed by atoms with E-state index < -0.39 is 0 Å². The van der Waals surface area contributed by atoms with Crippen LogP contribution in [-0.2, 0) is 0 Å². The lowest BCUT2D eigenvalue weighted by Crippen LogP contribution is -2.43. The van der Waals surface area contributed by atoms with Gasteiger partial charge < -0.3 is 9.84 Å². The van der Waals surface area contributed by atoms with Crippen molar-refractivity contribution in [3.63, 3.8) is 0 Å². The zero-order chi connectivity index (χ0) is 19.1. The molecule has 1 aliphatic heterocycles. The molecule has 1 aromatic carbocycles. The Balaban J connectivity index is 1.27. The number of hydrogen-bond acceptors (Lipinski definition) is 5. The van der Waals surface area contributed by atoms with Crippen LogP contribution in [0.2, 0.25) is 0 Å². The van der Waals surface area contributed by atoms with Crippen LogP contribution in [0.25, 0.3) is 16.8 Å². The molecule has 0 amide bonds. The summed E-state index contributed by atoms with van der Waals surface area (Å²) >= 11 is 3.45. The highest BCUT2D eigenvalue weighted by Gasteiger charge is 2.47. The summed E-state index contributed by atoms with van der Waals surface area (Å²) < 4.78 is 9.03. The zero-order valence-corrected chi connectivity index (χ0v) is 17.2. The first kappa shape index (κ1) is 18.1. The minimum atomic E-state index is -0.128. The second-order valence-corrected chi connectivity index (χ2v) is 8.77. The lowest BCUT2D eigenvalue weighted by molar-refractivity contribution is 0.0505. The number of fused-ring (bicyclic) bond motifs is 1. The van der Waals surface area contributed by atoms with Crippen molar-refractivity contribution in [1.29, 1.82) is 0 Å². The Labute approximate surface area is 172 Å². The molecule has 0 atom stereocenters. The molecule has 1 aliphatic carbocycles. The number of halogens is 1. The molecule has 28 heavy (non-hydrogen) atoms. The Morgan fingerprint density at radius 2 is 1.86 bits per heavy atom. The summed E-state index contributed by atoms with van der Waals surface area (Å²) in [5.74, 6) is 0.911. The molecule has 6 nitrogen and oxygen atoms in total. The van der Waals surface area contributed by atoms with Crippen molar-refractivity contribution in [2.45, 2.75) is 37.4 Å². The Bertz CT molecular complexity index is 976. The molecule has 1 saturated carbocycles. The lowest BCUT2D eigenvalue weighted by Gasteiger charge is -2.32. The second-order valence-electron chi connectivity index (χ2n) is 7.92. The van der Waals surface area contributed by atoms with Crippen molar-refractivity contribution in [1.82, 2.24) is 19.5 Å². The number of rotatable bonds is 5. The summed E-state index contributed by atoms with van der Waals surface area (Å²) in [4.78, 5) is 6.91. The van der Waals surface area contributed by atoms with E-state index in [0.29, 0.717) is 0 Å². The third-order valence-electron chi connectivity index (χ3n) is 5.71. The standard InChI is InChI=1S/C21H23BrN4O2/c22-19-12-24-26-13-16(11-23-20(19)26)15-1-3-18(4-2-15)28-21(7-8-21)14-25-9-5-17(27)6-10-25/h1-4,11-13,17,27H,5-10,14H2. The van der Waals surface area contributed by atoms with Crippen molar-refractivity contribution >= 4 is 21.6 Å². The minimum absolute atomic E-state index is 0.0500. The Kier molecular flexibility index (Phi) is 4.61. The number of piperidine rings is 1. The molecular weight excluding hydrogens is 420 g/mol. The van der Waals surface area contributed by atoms with Gasteiger partial charge in [-0.3, -0.25) is 4.90 Å². The molecule has 2 aliphatic rings. The third-order valence-corrected chi connectivity index (χ3v) is 6.27. The van der Waals surface area contributed by atoms with Gasteiger partial charge in [0.1, 0.15) is 11.4 Å². The maximum atomic E-state index is 9.69. The van der Waals surface area contributed by atoms with Crippen LogP contribution in [0, 0.1) is 0 Å². The van der Waals surface area contributed by atoms with E-state index in [1.165, 1.54) is 0 Å². The fourth-order valence-corrected chi connectivity index (χ4v) is 4.25. The van der Waals surface area contributed by atoms with Gasteiger partial charge in [-0.2, -0.15) is 5.10 Å². The van der Waals surface area contributed by atoms with Crippen LogP contribution >= 0.6 is 15.9 Å². The molecule has 0 unspecified atom stereocenters. The summed E-state index contributed by atoms with van der Waals surface area (Å²) in [5.41, 5.74) is 2.86. The van der Waals surface area contributed by atoms with E-state index in [2.05, 4.69) is 43.0 Å². The highest BCUT2D eigenvalue weighted by atomic mass is 79.9.